The van der Waals surface area contributed by atoms with Crippen LogP contribution in [0.4, 0.5) is 0 Å². The predicted molar refractivity (Wildman–Crippen MR) is 134 cm³/mol. The molecule has 178 valence electrons. The van der Waals surface area contributed by atoms with Gasteiger partial charge in [-0.25, -0.2) is 9.78 Å². The summed E-state index contributed by atoms with van der Waals surface area (Å²) in [5.41, 5.74) is 8.62. The number of nitrogens with zero attached hydrogens (tertiary/aromatic N) is 4. The number of aliphatic imine (C=N–C) groups is 1. The van der Waals surface area contributed by atoms with Gasteiger partial charge in [-0.05, 0) is 39.2 Å². The second kappa shape index (κ2) is 10.5. The smallest absolute Gasteiger partial charge is 0.349 e. The number of halogens is 1. The van der Waals surface area contributed by atoms with E-state index in [1.807, 2.05) is 27.7 Å². The Morgan fingerprint density at radius 3 is 2.70 bits per heavy atom. The number of aromatic nitrogens is 3. The van der Waals surface area contributed by atoms with Crippen molar-refractivity contribution in [1.29, 1.82) is 0 Å². The fourth-order valence-electron chi connectivity index (χ4n) is 4.45. The van der Waals surface area contributed by atoms with Crippen molar-refractivity contribution in [1.82, 2.24) is 14.5 Å². The monoisotopic (exact) mass is 473 g/mol. The molecule has 9 heteroatoms. The van der Waals surface area contributed by atoms with Crippen LogP contribution in [0.5, 0.6) is 0 Å². The van der Waals surface area contributed by atoms with Crippen molar-refractivity contribution >= 4 is 45.5 Å². The summed E-state index contributed by atoms with van der Waals surface area (Å²) in [5, 5.41) is 1.06. The van der Waals surface area contributed by atoms with Gasteiger partial charge < -0.3 is 14.9 Å². The maximum absolute atomic E-state index is 13.4. The molecule has 0 aliphatic carbocycles. The Hall–Kier alpha value is -2.71. The lowest BCUT2D eigenvalue weighted by atomic mass is 9.97. The van der Waals surface area contributed by atoms with E-state index in [9.17, 15) is 4.79 Å². The number of fused-ring (bicyclic) bond motifs is 3. The van der Waals surface area contributed by atoms with E-state index >= 15 is 0 Å². The summed E-state index contributed by atoms with van der Waals surface area (Å²) >= 11 is 6.28. The second-order valence-corrected chi connectivity index (χ2v) is 8.30. The van der Waals surface area contributed by atoms with Crippen molar-refractivity contribution < 1.29 is 9.15 Å². The zero-order valence-electron chi connectivity index (χ0n) is 20.1. The fraction of sp³-hybridized carbons (Fsp3) is 0.500. The number of nitrogens with two attached hydrogens (primary N) is 1. The number of hydrogen-bond acceptors (Lipinski definition) is 7. The third-order valence-electron chi connectivity index (χ3n) is 5.76. The minimum atomic E-state index is -0.367. The Labute approximate surface area is 198 Å². The number of ether oxygens (including phenoxy) is 1. The summed E-state index contributed by atoms with van der Waals surface area (Å²) in [7, 11) is 1.63. The van der Waals surface area contributed by atoms with Crippen LogP contribution in [0.1, 0.15) is 64.4 Å². The highest BCUT2D eigenvalue weighted by Gasteiger charge is 2.31. The lowest BCUT2D eigenvalue weighted by molar-refractivity contribution is -0.0594. The number of pyridine rings is 1. The minimum Gasteiger partial charge on any atom is -0.450 e. The molecule has 1 aliphatic heterocycles. The molecule has 1 aliphatic rings. The zero-order chi connectivity index (χ0) is 24.3. The average molecular weight is 474 g/mol. The normalized spacial score (nSPS) is 21.5. The van der Waals surface area contributed by atoms with Crippen molar-refractivity contribution in [2.24, 2.45) is 10.7 Å². The molecule has 4 rings (SSSR count). The van der Waals surface area contributed by atoms with Gasteiger partial charge in [-0.3, -0.25) is 9.56 Å². The number of rotatable bonds is 4. The van der Waals surface area contributed by atoms with Crippen LogP contribution in [-0.4, -0.2) is 40.0 Å². The summed E-state index contributed by atoms with van der Waals surface area (Å²) in [4.78, 5) is 26.1. The first-order valence-corrected chi connectivity index (χ1v) is 11.8. The van der Waals surface area contributed by atoms with E-state index in [0.717, 1.165) is 18.2 Å². The summed E-state index contributed by atoms with van der Waals surface area (Å²) < 4.78 is 14.0. The number of furan rings is 1. The molecular formula is C24H32ClN5O3. The molecule has 0 bridgehead atoms. The molecule has 3 atom stereocenters. The largest absolute Gasteiger partial charge is 0.450 e. The maximum Gasteiger partial charge on any atom is 0.349 e. The van der Waals surface area contributed by atoms with E-state index in [0.29, 0.717) is 45.2 Å². The molecule has 8 nitrogen and oxygen atoms in total. The van der Waals surface area contributed by atoms with Gasteiger partial charge in [0.05, 0.1) is 17.9 Å². The molecular weight excluding hydrogens is 442 g/mol. The summed E-state index contributed by atoms with van der Waals surface area (Å²) in [6.07, 6.45) is 5.32. The topological polar surface area (TPSA) is 109 Å². The number of hydrogen-bond donors (Lipinski definition) is 1. The van der Waals surface area contributed by atoms with Crippen LogP contribution in [0.25, 0.3) is 27.6 Å². The molecule has 1 saturated heterocycles. The molecule has 0 aromatic carbocycles. The van der Waals surface area contributed by atoms with Gasteiger partial charge in [0.2, 0.25) is 0 Å². The van der Waals surface area contributed by atoms with Crippen molar-refractivity contribution in [2.45, 2.75) is 72.1 Å². The van der Waals surface area contributed by atoms with Crippen molar-refractivity contribution in [3.05, 3.63) is 39.3 Å². The van der Waals surface area contributed by atoms with Gasteiger partial charge in [-0.15, -0.1) is 0 Å². The molecule has 1 fully saturated rings. The second-order valence-electron chi connectivity index (χ2n) is 7.91. The third kappa shape index (κ3) is 4.68. The third-order valence-corrected chi connectivity index (χ3v) is 5.95. The standard InChI is InChI=1S/C22H26ClN5O3.C2H6/c1-5-15-7-14(6-11(2)30-15)28-19-16-8-17(23)26-12(3)20(16)31-21(19)18(27-22(28)29)13(9-24)10-25-4;1-2/h8-11,14-15H,5-7,24H2,1-4H3;1-2H3/b13-9+,25-10?;. The van der Waals surface area contributed by atoms with Crippen LogP contribution in [0, 0.1) is 6.92 Å². The summed E-state index contributed by atoms with van der Waals surface area (Å²) in [5.74, 6) is 0. The van der Waals surface area contributed by atoms with Crippen LogP contribution in [0.15, 0.2) is 26.5 Å². The Bertz CT molecular complexity index is 1260. The first-order chi connectivity index (χ1) is 15.9. The van der Waals surface area contributed by atoms with Crippen LogP contribution in [0.3, 0.4) is 0 Å². The van der Waals surface area contributed by atoms with Gasteiger partial charge in [-0.1, -0.05) is 32.4 Å². The molecule has 3 aromatic heterocycles. The van der Waals surface area contributed by atoms with Crippen molar-refractivity contribution in [3.63, 3.8) is 0 Å². The van der Waals surface area contributed by atoms with E-state index in [1.165, 1.54) is 6.20 Å². The molecule has 4 heterocycles. The van der Waals surface area contributed by atoms with Crippen LogP contribution >= 0.6 is 11.6 Å². The molecule has 0 saturated carbocycles. The van der Waals surface area contributed by atoms with Crippen LogP contribution < -0.4 is 11.4 Å². The van der Waals surface area contributed by atoms with E-state index in [1.54, 1.807) is 23.9 Å². The fourth-order valence-corrected chi connectivity index (χ4v) is 4.68. The Morgan fingerprint density at radius 2 is 2.06 bits per heavy atom. The molecule has 0 spiro atoms. The molecule has 0 amide bonds. The Kier molecular flexibility index (Phi) is 7.92. The minimum absolute atomic E-state index is 0.0298. The van der Waals surface area contributed by atoms with E-state index in [4.69, 9.17) is 26.5 Å². The van der Waals surface area contributed by atoms with Gasteiger partial charge in [0.1, 0.15) is 16.4 Å². The van der Waals surface area contributed by atoms with E-state index < -0.39 is 0 Å². The highest BCUT2D eigenvalue weighted by Crippen LogP contribution is 2.38. The van der Waals surface area contributed by atoms with Crippen LogP contribution in [0.2, 0.25) is 5.15 Å². The molecule has 3 unspecified atom stereocenters. The van der Waals surface area contributed by atoms with Crippen molar-refractivity contribution in [3.8, 4) is 0 Å². The zero-order valence-corrected chi connectivity index (χ0v) is 20.8. The highest BCUT2D eigenvalue weighted by molar-refractivity contribution is 6.30. The Morgan fingerprint density at radius 1 is 1.33 bits per heavy atom. The molecule has 33 heavy (non-hydrogen) atoms. The Balaban J connectivity index is 0.00000149. The first kappa shape index (κ1) is 24.9. The molecule has 2 N–H and O–H groups in total. The maximum atomic E-state index is 13.4. The van der Waals surface area contributed by atoms with Gasteiger partial charge >= 0.3 is 5.69 Å². The van der Waals surface area contributed by atoms with E-state index in [-0.39, 0.29) is 23.9 Å². The quantitative estimate of drug-likeness (QED) is 0.419. The lowest BCUT2D eigenvalue weighted by Crippen LogP contribution is -2.37. The van der Waals surface area contributed by atoms with Gasteiger partial charge in [0, 0.05) is 36.5 Å². The first-order valence-electron chi connectivity index (χ1n) is 11.4. The SMILES string of the molecule is CC.CCC1CC(n2c(=O)nc(/C(C=NC)=C/N)c3oc4c(C)nc(Cl)cc4c32)CC(C)O1. The number of aryl methyl sites for hydroxylation is 1. The van der Waals surface area contributed by atoms with Crippen molar-refractivity contribution in [2.75, 3.05) is 7.05 Å². The average Bonchev–Trinajstić information content (AvgIpc) is 3.17. The lowest BCUT2D eigenvalue weighted by Gasteiger charge is -2.34. The van der Waals surface area contributed by atoms with Gasteiger partial charge in [0.15, 0.2) is 11.2 Å². The summed E-state index contributed by atoms with van der Waals surface area (Å²) in [6, 6.07) is 1.65. The number of allylic oxidation sites excluding steroid dienone is 1. The predicted octanol–water partition coefficient (Wildman–Crippen LogP) is 5.04. The molecule has 3 aromatic rings. The summed E-state index contributed by atoms with van der Waals surface area (Å²) in [6.45, 7) is 9.94. The van der Waals surface area contributed by atoms with Crippen LogP contribution in [-0.2, 0) is 4.74 Å². The van der Waals surface area contributed by atoms with Gasteiger partial charge in [0.25, 0.3) is 0 Å². The molecule has 0 radical (unpaired) electrons. The van der Waals surface area contributed by atoms with Gasteiger partial charge in [-0.2, -0.15) is 4.98 Å². The highest BCUT2D eigenvalue weighted by atomic mass is 35.5. The van der Waals surface area contributed by atoms with E-state index in [2.05, 4.69) is 21.9 Å².